The van der Waals surface area contributed by atoms with Crippen molar-refractivity contribution in [2.45, 2.75) is 19.0 Å². The summed E-state index contributed by atoms with van der Waals surface area (Å²) < 4.78 is 3.66. The molecular weight excluding hydrogens is 358 g/mol. The number of aromatic nitrogens is 4. The second-order valence-corrected chi connectivity index (χ2v) is 6.94. The summed E-state index contributed by atoms with van der Waals surface area (Å²) in [5, 5.41) is 8.62. The topological polar surface area (TPSA) is 64.7 Å². The summed E-state index contributed by atoms with van der Waals surface area (Å²) in [5.74, 6) is 0.163. The molecule has 8 heteroatoms. The minimum Gasteiger partial charge on any atom is -0.322 e. The second kappa shape index (κ2) is 7.33. The van der Waals surface area contributed by atoms with Crippen LogP contribution in [0.15, 0.2) is 41.8 Å². The van der Waals surface area contributed by atoms with Crippen molar-refractivity contribution < 1.29 is 4.79 Å². The van der Waals surface area contributed by atoms with Gasteiger partial charge in [0.15, 0.2) is 5.16 Å². The first kappa shape index (κ1) is 17.6. The molecule has 0 unspecified atom stereocenters. The molecule has 1 N–H and O–H groups in total. The highest BCUT2D eigenvalue weighted by atomic mass is 35.5. The van der Waals surface area contributed by atoms with Crippen LogP contribution in [-0.4, -0.2) is 31.0 Å². The van der Waals surface area contributed by atoms with E-state index in [0.717, 1.165) is 27.9 Å². The average molecular weight is 376 g/mol. The van der Waals surface area contributed by atoms with Crippen molar-refractivity contribution in [2.24, 2.45) is 7.05 Å². The summed E-state index contributed by atoms with van der Waals surface area (Å²) in [7, 11) is 1.86. The Morgan fingerprint density at radius 3 is 2.84 bits per heavy atom. The first-order valence-electron chi connectivity index (χ1n) is 7.68. The monoisotopic (exact) mass is 375 g/mol. The molecule has 3 rings (SSSR count). The predicted octanol–water partition coefficient (Wildman–Crippen LogP) is 3.61. The summed E-state index contributed by atoms with van der Waals surface area (Å²) >= 11 is 7.42. The largest absolute Gasteiger partial charge is 0.322 e. The van der Waals surface area contributed by atoms with Crippen LogP contribution in [0.4, 0.5) is 5.69 Å². The average Bonchev–Trinajstić information content (AvgIpc) is 3.13. The molecule has 0 atom stereocenters. The third-order valence-corrected chi connectivity index (χ3v) is 5.00. The molecule has 0 bridgehead atoms. The van der Waals surface area contributed by atoms with Crippen LogP contribution in [0.25, 0.3) is 5.69 Å². The van der Waals surface area contributed by atoms with Gasteiger partial charge < -0.3 is 5.32 Å². The van der Waals surface area contributed by atoms with Gasteiger partial charge in [-0.1, -0.05) is 29.4 Å². The molecule has 0 aliphatic rings. The molecule has 0 aliphatic heterocycles. The normalized spacial score (nSPS) is 10.9. The maximum atomic E-state index is 12.3. The number of hydrogen-bond acceptors (Lipinski definition) is 4. The second-order valence-electron chi connectivity index (χ2n) is 5.57. The first-order chi connectivity index (χ1) is 12.0. The van der Waals surface area contributed by atoms with Gasteiger partial charge in [0.25, 0.3) is 0 Å². The first-order valence-corrected chi connectivity index (χ1v) is 9.04. The number of benzene rings is 1. The number of nitrogens with zero attached hydrogens (tertiary/aromatic N) is 4. The number of imidazole rings is 1. The lowest BCUT2D eigenvalue weighted by Crippen LogP contribution is -2.15. The summed E-state index contributed by atoms with van der Waals surface area (Å²) in [5.41, 5.74) is 3.41. The molecule has 0 radical (unpaired) electrons. The molecule has 6 nitrogen and oxygen atoms in total. The van der Waals surface area contributed by atoms with E-state index in [-0.39, 0.29) is 11.7 Å². The van der Waals surface area contributed by atoms with Gasteiger partial charge >= 0.3 is 0 Å². The Labute approximate surface area is 155 Å². The Kier molecular flexibility index (Phi) is 5.15. The minimum absolute atomic E-state index is 0.0927. The van der Waals surface area contributed by atoms with Gasteiger partial charge in [0.1, 0.15) is 0 Å². The van der Waals surface area contributed by atoms with E-state index in [0.29, 0.717) is 5.02 Å². The fourth-order valence-corrected chi connectivity index (χ4v) is 3.44. The standard InChI is InChI=1S/C17H18ClN5OS/c1-11-16(12(2)22(3)21-11)20-15(24)10-25-17-19-7-8-23(17)14-6-4-5-13(18)9-14/h4-9H,10H2,1-3H3,(H,20,24). The molecule has 0 fully saturated rings. The van der Waals surface area contributed by atoms with Gasteiger partial charge in [-0.15, -0.1) is 0 Å². The van der Waals surface area contributed by atoms with Crippen LogP contribution in [0, 0.1) is 13.8 Å². The zero-order valence-corrected chi connectivity index (χ0v) is 15.7. The van der Waals surface area contributed by atoms with Gasteiger partial charge in [-0.3, -0.25) is 14.0 Å². The van der Waals surface area contributed by atoms with E-state index < -0.39 is 0 Å². The van der Waals surface area contributed by atoms with Crippen LogP contribution in [0.3, 0.4) is 0 Å². The molecule has 2 aromatic heterocycles. The molecule has 1 amide bonds. The molecule has 1 aromatic carbocycles. The van der Waals surface area contributed by atoms with Crippen molar-refractivity contribution in [1.82, 2.24) is 19.3 Å². The maximum absolute atomic E-state index is 12.3. The zero-order valence-electron chi connectivity index (χ0n) is 14.2. The Hall–Kier alpha value is -2.25. The van der Waals surface area contributed by atoms with Gasteiger partial charge in [0.05, 0.1) is 22.8 Å². The zero-order chi connectivity index (χ0) is 18.0. The Balaban J connectivity index is 1.68. The van der Waals surface area contributed by atoms with Gasteiger partial charge in [-0.25, -0.2) is 4.98 Å². The molecule has 2 heterocycles. The van der Waals surface area contributed by atoms with Crippen molar-refractivity contribution in [1.29, 1.82) is 0 Å². The Morgan fingerprint density at radius 2 is 2.16 bits per heavy atom. The van der Waals surface area contributed by atoms with Crippen LogP contribution in [0.1, 0.15) is 11.4 Å². The number of thioether (sulfide) groups is 1. The number of nitrogens with one attached hydrogen (secondary N) is 1. The van der Waals surface area contributed by atoms with Crippen molar-refractivity contribution in [3.8, 4) is 5.69 Å². The third kappa shape index (κ3) is 3.88. The molecule has 0 aliphatic carbocycles. The molecule has 3 aromatic rings. The minimum atomic E-state index is -0.0927. The van der Waals surface area contributed by atoms with Crippen LogP contribution < -0.4 is 5.32 Å². The molecule has 0 saturated carbocycles. The number of hydrogen-bond donors (Lipinski definition) is 1. The van der Waals surface area contributed by atoms with E-state index in [2.05, 4.69) is 15.4 Å². The number of aryl methyl sites for hydroxylation is 2. The van der Waals surface area contributed by atoms with E-state index in [1.165, 1.54) is 11.8 Å². The smallest absolute Gasteiger partial charge is 0.234 e. The number of rotatable bonds is 5. The molecule has 0 spiro atoms. The summed E-state index contributed by atoms with van der Waals surface area (Å²) in [6.07, 6.45) is 3.55. The van der Waals surface area contributed by atoms with E-state index in [1.807, 2.05) is 55.9 Å². The number of anilines is 1. The number of halogens is 1. The molecule has 25 heavy (non-hydrogen) atoms. The van der Waals surface area contributed by atoms with Crippen molar-refractivity contribution in [3.63, 3.8) is 0 Å². The van der Waals surface area contributed by atoms with Crippen LogP contribution >= 0.6 is 23.4 Å². The summed E-state index contributed by atoms with van der Waals surface area (Å²) in [6, 6.07) is 7.50. The molecule has 0 saturated heterocycles. The lowest BCUT2D eigenvalue weighted by molar-refractivity contribution is -0.113. The van der Waals surface area contributed by atoms with Crippen LogP contribution in [0.5, 0.6) is 0 Å². The number of amides is 1. The van der Waals surface area contributed by atoms with Crippen LogP contribution in [-0.2, 0) is 11.8 Å². The molecular formula is C17H18ClN5OS. The van der Waals surface area contributed by atoms with E-state index in [9.17, 15) is 4.79 Å². The van der Waals surface area contributed by atoms with E-state index >= 15 is 0 Å². The number of carbonyl (C=O) groups is 1. The summed E-state index contributed by atoms with van der Waals surface area (Å²) in [6.45, 7) is 3.80. The Bertz CT molecular complexity index is 918. The van der Waals surface area contributed by atoms with E-state index in [1.54, 1.807) is 10.9 Å². The fourth-order valence-electron chi connectivity index (χ4n) is 2.48. The highest BCUT2D eigenvalue weighted by Gasteiger charge is 2.14. The quantitative estimate of drug-likeness (QED) is 0.692. The third-order valence-electron chi connectivity index (χ3n) is 3.80. The number of carbonyl (C=O) groups excluding carboxylic acids is 1. The van der Waals surface area contributed by atoms with Gasteiger partial charge in [-0.05, 0) is 32.0 Å². The Morgan fingerprint density at radius 1 is 1.36 bits per heavy atom. The molecule has 130 valence electrons. The predicted molar refractivity (Wildman–Crippen MR) is 101 cm³/mol. The highest BCUT2D eigenvalue weighted by Crippen LogP contribution is 2.23. The lowest BCUT2D eigenvalue weighted by atomic mass is 10.3. The maximum Gasteiger partial charge on any atom is 0.234 e. The van der Waals surface area contributed by atoms with Crippen molar-refractivity contribution >= 4 is 35.0 Å². The summed E-state index contributed by atoms with van der Waals surface area (Å²) in [4.78, 5) is 16.6. The SMILES string of the molecule is Cc1nn(C)c(C)c1NC(=O)CSc1nccn1-c1cccc(Cl)c1. The van der Waals surface area contributed by atoms with Gasteiger partial charge in [0, 0.05) is 30.2 Å². The van der Waals surface area contributed by atoms with Gasteiger partial charge in [0.2, 0.25) is 5.91 Å². The fraction of sp³-hybridized carbons (Fsp3) is 0.235. The van der Waals surface area contributed by atoms with Crippen molar-refractivity contribution in [2.75, 3.05) is 11.1 Å². The van der Waals surface area contributed by atoms with Crippen molar-refractivity contribution in [3.05, 3.63) is 53.1 Å². The van der Waals surface area contributed by atoms with Crippen LogP contribution in [0.2, 0.25) is 5.02 Å². The lowest BCUT2D eigenvalue weighted by Gasteiger charge is -2.08. The highest BCUT2D eigenvalue weighted by molar-refractivity contribution is 7.99. The van der Waals surface area contributed by atoms with E-state index in [4.69, 9.17) is 11.6 Å². The van der Waals surface area contributed by atoms with Gasteiger partial charge in [-0.2, -0.15) is 5.10 Å².